The molecule has 27 heavy (non-hydrogen) atoms. The van der Waals surface area contributed by atoms with Crippen molar-refractivity contribution in [3.63, 3.8) is 0 Å². The number of methoxy groups -OCH3 is 4. The van der Waals surface area contributed by atoms with E-state index in [1.165, 1.54) is 25.4 Å². The van der Waals surface area contributed by atoms with Crippen LogP contribution < -0.4 is 0 Å². The summed E-state index contributed by atoms with van der Waals surface area (Å²) < 4.78 is 20.8. The highest BCUT2D eigenvalue weighted by Crippen LogP contribution is 2.18. The van der Waals surface area contributed by atoms with Gasteiger partial charge in [0.15, 0.2) is 12.1 Å². The molecule has 0 aromatic heterocycles. The minimum absolute atomic E-state index is 0.0722. The fourth-order valence-corrected chi connectivity index (χ4v) is 2.77. The highest BCUT2D eigenvalue weighted by Gasteiger charge is 2.16. The van der Waals surface area contributed by atoms with Crippen molar-refractivity contribution in [3.05, 3.63) is 34.9 Å². The number of ketones is 1. The molecule has 0 aliphatic carbocycles. The van der Waals surface area contributed by atoms with Crippen molar-refractivity contribution in [2.75, 3.05) is 28.4 Å². The van der Waals surface area contributed by atoms with Crippen molar-refractivity contribution in [1.82, 2.24) is 0 Å². The molecule has 5 heteroatoms. The van der Waals surface area contributed by atoms with Crippen LogP contribution in [-0.4, -0.2) is 46.8 Å². The molecule has 0 heterocycles. The fraction of sp³-hybridized carbons (Fsp3) is 0.682. The van der Waals surface area contributed by atoms with Crippen LogP contribution >= 0.6 is 0 Å². The lowest BCUT2D eigenvalue weighted by Gasteiger charge is -2.17. The molecule has 0 rings (SSSR count). The normalized spacial score (nSPS) is 12.8. The monoisotopic (exact) mass is 382 g/mol. The Morgan fingerprint density at radius 2 is 1.22 bits per heavy atom. The zero-order valence-corrected chi connectivity index (χ0v) is 18.2. The van der Waals surface area contributed by atoms with Crippen molar-refractivity contribution in [3.8, 4) is 0 Å². The van der Waals surface area contributed by atoms with Crippen LogP contribution in [0.15, 0.2) is 34.9 Å². The van der Waals surface area contributed by atoms with Gasteiger partial charge in [-0.2, -0.15) is 0 Å². The van der Waals surface area contributed by atoms with Crippen molar-refractivity contribution in [2.24, 2.45) is 0 Å². The Kier molecular flexibility index (Phi) is 15.0. The summed E-state index contributed by atoms with van der Waals surface area (Å²) in [5.41, 5.74) is 3.79. The van der Waals surface area contributed by atoms with Gasteiger partial charge in [-0.25, -0.2) is 0 Å². The lowest BCUT2D eigenvalue weighted by Crippen LogP contribution is -2.24. The third-order valence-corrected chi connectivity index (χ3v) is 4.24. The smallest absolute Gasteiger partial charge is 0.217 e. The minimum Gasteiger partial charge on any atom is -0.352 e. The topological polar surface area (TPSA) is 54.0 Å². The number of ether oxygens (including phenoxy) is 4. The zero-order chi connectivity index (χ0) is 20.7. The molecule has 0 aromatic carbocycles. The van der Waals surface area contributed by atoms with Gasteiger partial charge in [0.25, 0.3) is 0 Å². The van der Waals surface area contributed by atoms with Gasteiger partial charge >= 0.3 is 0 Å². The molecule has 0 aliphatic heterocycles. The number of hydrogen-bond acceptors (Lipinski definition) is 5. The summed E-state index contributed by atoms with van der Waals surface area (Å²) in [6, 6.07) is 0. The maximum absolute atomic E-state index is 12.0. The summed E-state index contributed by atoms with van der Waals surface area (Å²) in [6.07, 6.45) is 10.2. The third kappa shape index (κ3) is 11.9. The summed E-state index contributed by atoms with van der Waals surface area (Å²) in [7, 11) is 6.18. The van der Waals surface area contributed by atoms with E-state index in [-0.39, 0.29) is 12.1 Å². The summed E-state index contributed by atoms with van der Waals surface area (Å²) in [6.45, 7) is 6.41. The molecule has 0 saturated heterocycles. The summed E-state index contributed by atoms with van der Waals surface area (Å²) >= 11 is 0. The minimum atomic E-state index is -0.797. The number of carbonyl (C=O) groups is 1. The first-order valence-corrected chi connectivity index (χ1v) is 9.51. The first-order valence-electron chi connectivity index (χ1n) is 9.51. The van der Waals surface area contributed by atoms with Crippen LogP contribution in [0.5, 0.6) is 0 Å². The van der Waals surface area contributed by atoms with E-state index in [1.807, 2.05) is 6.08 Å². The Morgan fingerprint density at radius 1 is 0.704 bits per heavy atom. The van der Waals surface area contributed by atoms with E-state index in [1.54, 1.807) is 14.2 Å². The molecule has 0 aromatic rings. The molecule has 0 spiro atoms. The van der Waals surface area contributed by atoms with E-state index in [0.717, 1.165) is 31.3 Å². The second-order valence-electron chi connectivity index (χ2n) is 6.80. The molecule has 156 valence electrons. The molecule has 5 nitrogen and oxygen atoms in total. The molecule has 0 radical (unpaired) electrons. The standard InChI is InChI=1S/C22H38O5/c1-17(2)11-8-12-18(3)13-9-14-19(21(24-4)25-5)15-10-16-20(23)22(26-6)27-7/h11,13,15,21-22H,8-10,12,14,16H2,1-7H3. The summed E-state index contributed by atoms with van der Waals surface area (Å²) in [4.78, 5) is 12.0. The van der Waals surface area contributed by atoms with Gasteiger partial charge in [-0.05, 0) is 58.4 Å². The van der Waals surface area contributed by atoms with E-state index < -0.39 is 6.29 Å². The molecular formula is C22H38O5. The average Bonchev–Trinajstić information content (AvgIpc) is 2.63. The predicted molar refractivity (Wildman–Crippen MR) is 110 cm³/mol. The maximum atomic E-state index is 12.0. The first kappa shape index (κ1) is 25.7. The van der Waals surface area contributed by atoms with Gasteiger partial charge in [-0.1, -0.05) is 29.4 Å². The Bertz CT molecular complexity index is 493. The highest BCUT2D eigenvalue weighted by atomic mass is 16.7. The number of rotatable bonds is 15. The SMILES string of the molecule is COC(OC)C(=O)CCC=C(CCC=C(C)CCC=C(C)C)C(OC)OC. The van der Waals surface area contributed by atoms with E-state index >= 15 is 0 Å². The lowest BCUT2D eigenvalue weighted by molar-refractivity contribution is -0.156. The quantitative estimate of drug-likeness (QED) is 0.295. The van der Waals surface area contributed by atoms with Gasteiger partial charge in [0.2, 0.25) is 6.29 Å². The van der Waals surface area contributed by atoms with Gasteiger partial charge in [0.1, 0.15) is 0 Å². The number of hydrogen-bond donors (Lipinski definition) is 0. The summed E-state index contributed by atoms with van der Waals surface area (Å²) in [5, 5.41) is 0. The van der Waals surface area contributed by atoms with Crippen LogP contribution in [0.1, 0.15) is 59.3 Å². The summed E-state index contributed by atoms with van der Waals surface area (Å²) in [5.74, 6) is -0.0722. The van der Waals surface area contributed by atoms with Crippen LogP contribution in [0, 0.1) is 0 Å². The molecule has 0 N–H and O–H groups in total. The Balaban J connectivity index is 4.72. The maximum Gasteiger partial charge on any atom is 0.217 e. The van der Waals surface area contributed by atoms with Crippen molar-refractivity contribution in [2.45, 2.75) is 71.9 Å². The zero-order valence-electron chi connectivity index (χ0n) is 18.2. The van der Waals surface area contributed by atoms with Crippen LogP contribution in [-0.2, 0) is 23.7 Å². The third-order valence-electron chi connectivity index (χ3n) is 4.24. The van der Waals surface area contributed by atoms with Gasteiger partial charge in [0.05, 0.1) is 0 Å². The largest absolute Gasteiger partial charge is 0.352 e. The molecule has 0 unspecified atom stereocenters. The van der Waals surface area contributed by atoms with Crippen molar-refractivity contribution < 1.29 is 23.7 Å². The molecule has 0 fully saturated rings. The second-order valence-corrected chi connectivity index (χ2v) is 6.80. The van der Waals surface area contributed by atoms with Gasteiger partial charge in [-0.3, -0.25) is 4.79 Å². The second kappa shape index (κ2) is 15.8. The average molecular weight is 383 g/mol. The highest BCUT2D eigenvalue weighted by molar-refractivity contribution is 5.81. The molecule has 0 atom stereocenters. The number of allylic oxidation sites excluding steroid dienone is 5. The molecule has 0 bridgehead atoms. The molecule has 0 saturated carbocycles. The predicted octanol–water partition coefficient (Wildman–Crippen LogP) is 4.97. The van der Waals surface area contributed by atoms with Gasteiger partial charge in [-0.15, -0.1) is 0 Å². The first-order chi connectivity index (χ1) is 12.9. The Hall–Kier alpha value is -1.27. The van der Waals surface area contributed by atoms with Gasteiger partial charge in [0, 0.05) is 34.9 Å². The fourth-order valence-electron chi connectivity index (χ4n) is 2.77. The van der Waals surface area contributed by atoms with Crippen molar-refractivity contribution >= 4 is 5.78 Å². The Morgan fingerprint density at radius 3 is 1.74 bits per heavy atom. The van der Waals surface area contributed by atoms with Crippen LogP contribution in [0.25, 0.3) is 0 Å². The van der Waals surface area contributed by atoms with E-state index in [0.29, 0.717) is 12.8 Å². The molecule has 0 amide bonds. The van der Waals surface area contributed by atoms with Gasteiger partial charge < -0.3 is 18.9 Å². The van der Waals surface area contributed by atoms with Crippen LogP contribution in [0.3, 0.4) is 0 Å². The van der Waals surface area contributed by atoms with Crippen LogP contribution in [0.2, 0.25) is 0 Å². The number of carbonyl (C=O) groups excluding carboxylic acids is 1. The molecule has 0 aliphatic rings. The van der Waals surface area contributed by atoms with Crippen molar-refractivity contribution in [1.29, 1.82) is 0 Å². The Labute approximate surface area is 165 Å². The molecular weight excluding hydrogens is 344 g/mol. The number of Topliss-reactive ketones (excluding diaryl/α,β-unsaturated/α-hetero) is 1. The van der Waals surface area contributed by atoms with E-state index in [2.05, 4.69) is 32.9 Å². The van der Waals surface area contributed by atoms with Crippen LogP contribution in [0.4, 0.5) is 0 Å². The van der Waals surface area contributed by atoms with E-state index in [4.69, 9.17) is 18.9 Å². The van der Waals surface area contributed by atoms with E-state index in [9.17, 15) is 4.79 Å². The lowest BCUT2D eigenvalue weighted by atomic mass is 10.0.